The molecule has 1 heterocycles. The second kappa shape index (κ2) is 2.66. The van der Waals surface area contributed by atoms with Gasteiger partial charge in [0.15, 0.2) is 5.75 Å². The summed E-state index contributed by atoms with van der Waals surface area (Å²) in [7, 11) is 0. The monoisotopic (exact) mass is 144 g/mol. The minimum atomic E-state index is 0.427. The van der Waals surface area contributed by atoms with E-state index < -0.39 is 0 Å². The highest BCUT2D eigenvalue weighted by Crippen LogP contribution is 2.09. The number of hydrogen-bond acceptors (Lipinski definition) is 3. The van der Waals surface area contributed by atoms with E-state index in [1.54, 1.807) is 12.1 Å². The molecule has 3 nitrogen and oxygen atoms in total. The Bertz CT molecular complexity index is 187. The number of rotatable bonds is 1. The first-order valence-electron chi connectivity index (χ1n) is 2.31. The van der Waals surface area contributed by atoms with Crippen molar-refractivity contribution < 1.29 is 4.84 Å². The Labute approximate surface area is 57.4 Å². The van der Waals surface area contributed by atoms with Crippen LogP contribution in [-0.4, -0.2) is 4.98 Å². The molecule has 2 N–H and O–H groups in total. The minimum absolute atomic E-state index is 0.427. The van der Waals surface area contributed by atoms with Crippen LogP contribution in [0, 0.1) is 0 Å². The fourth-order valence-corrected chi connectivity index (χ4v) is 0.544. The van der Waals surface area contributed by atoms with E-state index in [2.05, 4.69) is 9.82 Å². The predicted octanol–water partition coefficient (Wildman–Crippen LogP) is 0.988. The molecule has 1 aromatic heterocycles. The zero-order valence-electron chi connectivity index (χ0n) is 4.54. The number of aromatic nitrogens is 1. The quantitative estimate of drug-likeness (QED) is 0.472. The standard InChI is InChI=1S/C5H5ClN2O/c6-5-2-1-4(9-7)3-8-5/h1-3H,7H2. The van der Waals surface area contributed by atoms with Gasteiger partial charge in [-0.15, -0.1) is 0 Å². The summed E-state index contributed by atoms with van der Waals surface area (Å²) in [5.74, 6) is 5.32. The van der Waals surface area contributed by atoms with Crippen molar-refractivity contribution in [2.75, 3.05) is 0 Å². The highest BCUT2D eigenvalue weighted by atomic mass is 35.5. The van der Waals surface area contributed by atoms with Crippen LogP contribution in [0.2, 0.25) is 5.15 Å². The number of halogens is 1. The molecular weight excluding hydrogens is 140 g/mol. The number of pyridine rings is 1. The maximum absolute atomic E-state index is 5.46. The Kier molecular flexibility index (Phi) is 1.87. The van der Waals surface area contributed by atoms with Gasteiger partial charge in [-0.25, -0.2) is 4.98 Å². The predicted molar refractivity (Wildman–Crippen MR) is 34.1 cm³/mol. The van der Waals surface area contributed by atoms with Crippen molar-refractivity contribution in [2.24, 2.45) is 5.90 Å². The highest BCUT2D eigenvalue weighted by Gasteiger charge is 1.89. The molecule has 0 spiro atoms. The van der Waals surface area contributed by atoms with Crippen molar-refractivity contribution in [1.29, 1.82) is 0 Å². The third kappa shape index (κ3) is 1.55. The lowest BCUT2D eigenvalue weighted by molar-refractivity contribution is 0.333. The van der Waals surface area contributed by atoms with E-state index in [4.69, 9.17) is 17.5 Å². The summed E-state index contributed by atoms with van der Waals surface area (Å²) < 4.78 is 0. The zero-order valence-corrected chi connectivity index (χ0v) is 5.30. The molecule has 1 aromatic rings. The van der Waals surface area contributed by atoms with Crippen molar-refractivity contribution in [3.63, 3.8) is 0 Å². The van der Waals surface area contributed by atoms with E-state index in [1.807, 2.05) is 0 Å². The van der Waals surface area contributed by atoms with Crippen molar-refractivity contribution in [2.45, 2.75) is 0 Å². The van der Waals surface area contributed by atoms with Crippen molar-refractivity contribution in [3.8, 4) is 5.75 Å². The molecule has 4 heteroatoms. The maximum Gasteiger partial charge on any atom is 0.165 e. The Morgan fingerprint density at radius 1 is 1.56 bits per heavy atom. The summed E-state index contributed by atoms with van der Waals surface area (Å²) in [6.07, 6.45) is 1.45. The van der Waals surface area contributed by atoms with Crippen molar-refractivity contribution in [3.05, 3.63) is 23.5 Å². The van der Waals surface area contributed by atoms with Crippen LogP contribution in [-0.2, 0) is 0 Å². The molecule has 0 unspecified atom stereocenters. The first kappa shape index (κ1) is 6.32. The third-order valence-corrected chi connectivity index (χ3v) is 1.06. The largest absolute Gasteiger partial charge is 0.410 e. The lowest BCUT2D eigenvalue weighted by atomic mass is 10.5. The van der Waals surface area contributed by atoms with Gasteiger partial charge in [0.25, 0.3) is 0 Å². The molecular formula is C5H5ClN2O. The van der Waals surface area contributed by atoms with Gasteiger partial charge in [0.2, 0.25) is 0 Å². The van der Waals surface area contributed by atoms with Crippen LogP contribution >= 0.6 is 11.6 Å². The summed E-state index contributed by atoms with van der Waals surface area (Å²) in [4.78, 5) is 8.06. The molecule has 0 fully saturated rings. The van der Waals surface area contributed by atoms with E-state index in [0.29, 0.717) is 10.9 Å². The van der Waals surface area contributed by atoms with E-state index in [1.165, 1.54) is 6.20 Å². The molecule has 0 atom stereocenters. The molecule has 0 saturated carbocycles. The smallest absolute Gasteiger partial charge is 0.165 e. The fraction of sp³-hybridized carbons (Fsp3) is 0. The van der Waals surface area contributed by atoms with Crippen LogP contribution < -0.4 is 10.7 Å². The second-order valence-corrected chi connectivity index (χ2v) is 1.82. The fourth-order valence-electron chi connectivity index (χ4n) is 0.432. The average molecular weight is 145 g/mol. The third-order valence-electron chi connectivity index (χ3n) is 0.836. The zero-order chi connectivity index (χ0) is 6.69. The molecule has 0 saturated heterocycles. The molecule has 9 heavy (non-hydrogen) atoms. The van der Waals surface area contributed by atoms with Gasteiger partial charge in [-0.2, -0.15) is 5.90 Å². The molecule has 0 aliphatic carbocycles. The molecule has 48 valence electrons. The summed E-state index contributed by atoms with van der Waals surface area (Å²) in [5, 5.41) is 0.427. The Morgan fingerprint density at radius 2 is 2.33 bits per heavy atom. The summed E-state index contributed by atoms with van der Waals surface area (Å²) in [5.41, 5.74) is 0. The van der Waals surface area contributed by atoms with Gasteiger partial charge in [-0.3, -0.25) is 0 Å². The van der Waals surface area contributed by atoms with Crippen LogP contribution in [0.1, 0.15) is 0 Å². The molecule has 0 radical (unpaired) electrons. The highest BCUT2D eigenvalue weighted by molar-refractivity contribution is 6.29. The minimum Gasteiger partial charge on any atom is -0.410 e. The van der Waals surface area contributed by atoms with Crippen LogP contribution in [0.3, 0.4) is 0 Å². The van der Waals surface area contributed by atoms with Gasteiger partial charge in [-0.1, -0.05) is 11.6 Å². The normalized spacial score (nSPS) is 9.11. The Morgan fingerprint density at radius 3 is 2.78 bits per heavy atom. The Hall–Kier alpha value is -0.800. The van der Waals surface area contributed by atoms with E-state index in [9.17, 15) is 0 Å². The summed E-state index contributed by atoms with van der Waals surface area (Å²) >= 11 is 5.46. The number of nitrogens with two attached hydrogens (primary N) is 1. The summed E-state index contributed by atoms with van der Waals surface area (Å²) in [6.45, 7) is 0. The molecule has 0 bridgehead atoms. The average Bonchev–Trinajstić information content (AvgIpc) is 1.90. The number of nitrogens with zero attached hydrogens (tertiary/aromatic N) is 1. The van der Waals surface area contributed by atoms with Crippen LogP contribution in [0.15, 0.2) is 18.3 Å². The molecule has 0 aliphatic heterocycles. The van der Waals surface area contributed by atoms with Gasteiger partial charge in [-0.05, 0) is 12.1 Å². The molecule has 0 amide bonds. The van der Waals surface area contributed by atoms with E-state index in [0.717, 1.165) is 0 Å². The molecule has 0 aromatic carbocycles. The van der Waals surface area contributed by atoms with Gasteiger partial charge >= 0.3 is 0 Å². The van der Waals surface area contributed by atoms with Crippen LogP contribution in [0.25, 0.3) is 0 Å². The first-order chi connectivity index (χ1) is 4.33. The Balaban J connectivity index is 2.88. The van der Waals surface area contributed by atoms with Crippen LogP contribution in [0.5, 0.6) is 5.75 Å². The lowest BCUT2D eigenvalue weighted by Gasteiger charge is -1.94. The topological polar surface area (TPSA) is 48.1 Å². The summed E-state index contributed by atoms with van der Waals surface area (Å²) in [6, 6.07) is 3.24. The molecule has 0 aliphatic rings. The SMILES string of the molecule is NOc1ccc(Cl)nc1. The maximum atomic E-state index is 5.46. The lowest BCUT2D eigenvalue weighted by Crippen LogP contribution is -2.01. The van der Waals surface area contributed by atoms with Crippen molar-refractivity contribution in [1.82, 2.24) is 4.98 Å². The van der Waals surface area contributed by atoms with Crippen LogP contribution in [0.4, 0.5) is 0 Å². The second-order valence-electron chi connectivity index (χ2n) is 1.43. The van der Waals surface area contributed by atoms with Gasteiger partial charge in [0, 0.05) is 0 Å². The van der Waals surface area contributed by atoms with E-state index in [-0.39, 0.29) is 0 Å². The van der Waals surface area contributed by atoms with Gasteiger partial charge in [0.05, 0.1) is 6.20 Å². The number of hydrogen-bond donors (Lipinski definition) is 1. The van der Waals surface area contributed by atoms with Gasteiger partial charge < -0.3 is 4.84 Å². The van der Waals surface area contributed by atoms with E-state index >= 15 is 0 Å². The van der Waals surface area contributed by atoms with Gasteiger partial charge in [0.1, 0.15) is 5.15 Å². The molecule has 1 rings (SSSR count). The van der Waals surface area contributed by atoms with Crippen molar-refractivity contribution >= 4 is 11.6 Å². The first-order valence-corrected chi connectivity index (χ1v) is 2.69.